The van der Waals surface area contributed by atoms with E-state index < -0.39 is 0 Å². The van der Waals surface area contributed by atoms with Crippen molar-refractivity contribution in [3.63, 3.8) is 0 Å². The molecule has 3 atom stereocenters. The Kier molecular flexibility index (Phi) is 3.65. The Morgan fingerprint density at radius 3 is 2.27 bits per heavy atom. The fourth-order valence-corrected chi connectivity index (χ4v) is 3.38. The highest BCUT2D eigenvalue weighted by Crippen LogP contribution is 2.29. The highest BCUT2D eigenvalue weighted by atomic mass is 16.3. The molecule has 0 amide bonds. The van der Waals surface area contributed by atoms with Crippen LogP contribution in [0.15, 0.2) is 0 Å². The van der Waals surface area contributed by atoms with Gasteiger partial charge in [0.1, 0.15) is 0 Å². The Labute approximate surface area is 93.1 Å². The maximum absolute atomic E-state index is 9.34. The van der Waals surface area contributed by atoms with Crippen molar-refractivity contribution in [3.05, 3.63) is 0 Å². The molecule has 0 radical (unpaired) electrons. The van der Waals surface area contributed by atoms with Crippen LogP contribution in [-0.4, -0.2) is 60.8 Å². The van der Waals surface area contributed by atoms with Crippen LogP contribution in [0.2, 0.25) is 0 Å². The van der Waals surface area contributed by atoms with E-state index in [2.05, 4.69) is 23.8 Å². The van der Waals surface area contributed by atoms with Crippen LogP contribution in [0.3, 0.4) is 0 Å². The van der Waals surface area contributed by atoms with Gasteiger partial charge in [0.05, 0.1) is 6.61 Å². The lowest BCUT2D eigenvalue weighted by atomic mass is 9.84. The molecule has 0 aromatic rings. The molecule has 2 heterocycles. The third kappa shape index (κ3) is 2.52. The SMILES string of the molecule is CC[C@H](CO)N1C[C@@H]2C[C@@H](CN(C)C2)C1. The normalized spacial score (nSPS) is 35.4. The zero-order valence-corrected chi connectivity index (χ0v) is 10.0. The number of fused-ring (bicyclic) bond motifs is 2. The molecule has 15 heavy (non-hydrogen) atoms. The maximum Gasteiger partial charge on any atom is 0.0586 e. The summed E-state index contributed by atoms with van der Waals surface area (Å²) in [5.41, 5.74) is 0. The fourth-order valence-electron chi connectivity index (χ4n) is 3.38. The van der Waals surface area contributed by atoms with E-state index >= 15 is 0 Å². The summed E-state index contributed by atoms with van der Waals surface area (Å²) in [6.07, 6.45) is 2.48. The lowest BCUT2D eigenvalue weighted by molar-refractivity contribution is 0.00445. The Morgan fingerprint density at radius 2 is 1.80 bits per heavy atom. The molecule has 0 unspecified atom stereocenters. The van der Waals surface area contributed by atoms with E-state index in [1.54, 1.807) is 0 Å². The van der Waals surface area contributed by atoms with Crippen LogP contribution in [0.25, 0.3) is 0 Å². The molecular weight excluding hydrogens is 188 g/mol. The van der Waals surface area contributed by atoms with Gasteiger partial charge in [0.15, 0.2) is 0 Å². The van der Waals surface area contributed by atoms with Crippen molar-refractivity contribution in [2.24, 2.45) is 11.8 Å². The predicted octanol–water partition coefficient (Wildman–Crippen LogP) is 0.641. The van der Waals surface area contributed by atoms with Crippen LogP contribution in [0.5, 0.6) is 0 Å². The first-order valence-electron chi connectivity index (χ1n) is 6.26. The summed E-state index contributed by atoms with van der Waals surface area (Å²) < 4.78 is 0. The van der Waals surface area contributed by atoms with Gasteiger partial charge < -0.3 is 10.0 Å². The van der Waals surface area contributed by atoms with Crippen molar-refractivity contribution in [3.8, 4) is 0 Å². The second kappa shape index (κ2) is 4.81. The lowest BCUT2D eigenvalue weighted by Gasteiger charge is -2.47. The van der Waals surface area contributed by atoms with Gasteiger partial charge in [-0.3, -0.25) is 4.90 Å². The number of hydrogen-bond acceptors (Lipinski definition) is 3. The van der Waals surface area contributed by atoms with Crippen molar-refractivity contribution < 1.29 is 5.11 Å². The van der Waals surface area contributed by atoms with Crippen molar-refractivity contribution in [2.45, 2.75) is 25.8 Å². The van der Waals surface area contributed by atoms with Crippen LogP contribution in [0.1, 0.15) is 19.8 Å². The summed E-state index contributed by atoms with van der Waals surface area (Å²) in [6, 6.07) is 0.402. The summed E-state index contributed by atoms with van der Waals surface area (Å²) >= 11 is 0. The number of piperidine rings is 2. The number of rotatable bonds is 3. The Balaban J connectivity index is 1.95. The minimum absolute atomic E-state index is 0.325. The summed E-state index contributed by atoms with van der Waals surface area (Å²) in [6.45, 7) is 7.38. The smallest absolute Gasteiger partial charge is 0.0586 e. The van der Waals surface area contributed by atoms with Gasteiger partial charge in [-0.15, -0.1) is 0 Å². The summed E-state index contributed by atoms with van der Waals surface area (Å²) in [7, 11) is 2.23. The summed E-state index contributed by atoms with van der Waals surface area (Å²) in [4.78, 5) is 4.99. The molecule has 2 fully saturated rings. The Morgan fingerprint density at radius 1 is 1.20 bits per heavy atom. The van der Waals surface area contributed by atoms with Crippen molar-refractivity contribution in [2.75, 3.05) is 39.8 Å². The number of hydrogen-bond donors (Lipinski definition) is 1. The Bertz CT molecular complexity index is 188. The van der Waals surface area contributed by atoms with Gasteiger partial charge in [0.25, 0.3) is 0 Å². The molecule has 3 nitrogen and oxygen atoms in total. The molecule has 1 N–H and O–H groups in total. The maximum atomic E-state index is 9.34. The number of nitrogens with zero attached hydrogens (tertiary/aromatic N) is 2. The highest BCUT2D eigenvalue weighted by molar-refractivity contribution is 4.88. The largest absolute Gasteiger partial charge is 0.395 e. The molecule has 0 aromatic carbocycles. The lowest BCUT2D eigenvalue weighted by Crippen LogP contribution is -2.54. The van der Waals surface area contributed by atoms with Crippen molar-refractivity contribution >= 4 is 0 Å². The molecule has 2 bridgehead atoms. The van der Waals surface area contributed by atoms with Crippen LogP contribution < -0.4 is 0 Å². The third-order valence-corrected chi connectivity index (χ3v) is 3.99. The van der Waals surface area contributed by atoms with Crippen molar-refractivity contribution in [1.29, 1.82) is 0 Å². The van der Waals surface area contributed by atoms with Gasteiger partial charge in [-0.25, -0.2) is 0 Å². The average Bonchev–Trinajstić information content (AvgIpc) is 2.17. The molecule has 2 aliphatic rings. The van der Waals surface area contributed by atoms with Crippen LogP contribution >= 0.6 is 0 Å². The molecule has 88 valence electrons. The Hall–Kier alpha value is -0.120. The first-order chi connectivity index (χ1) is 7.22. The second-order valence-electron chi connectivity index (χ2n) is 5.39. The van der Waals surface area contributed by atoms with Gasteiger partial charge >= 0.3 is 0 Å². The van der Waals surface area contributed by atoms with E-state index in [0.29, 0.717) is 12.6 Å². The van der Waals surface area contributed by atoms with Gasteiger partial charge in [0, 0.05) is 32.2 Å². The van der Waals surface area contributed by atoms with Gasteiger partial charge in [-0.2, -0.15) is 0 Å². The fraction of sp³-hybridized carbons (Fsp3) is 1.00. The van der Waals surface area contributed by atoms with E-state index in [1.807, 2.05) is 0 Å². The molecule has 0 aliphatic carbocycles. The molecule has 0 aromatic heterocycles. The quantitative estimate of drug-likeness (QED) is 0.744. The molecule has 2 saturated heterocycles. The van der Waals surface area contributed by atoms with Crippen molar-refractivity contribution in [1.82, 2.24) is 9.80 Å². The van der Waals surface area contributed by atoms with Gasteiger partial charge in [-0.1, -0.05) is 6.92 Å². The minimum atomic E-state index is 0.325. The zero-order valence-electron chi connectivity index (χ0n) is 10.0. The monoisotopic (exact) mass is 212 g/mol. The van der Waals surface area contributed by atoms with Crippen LogP contribution in [0.4, 0.5) is 0 Å². The standard InChI is InChI=1S/C12H24N2O/c1-3-12(9-15)14-7-10-4-11(8-14)6-13(2)5-10/h10-12,15H,3-9H2,1-2H3/t10-,11+,12-/m1/s1. The van der Waals surface area contributed by atoms with E-state index in [4.69, 9.17) is 0 Å². The van der Waals surface area contributed by atoms with Crippen LogP contribution in [0, 0.1) is 11.8 Å². The molecule has 2 rings (SSSR count). The van der Waals surface area contributed by atoms with E-state index in [-0.39, 0.29) is 0 Å². The highest BCUT2D eigenvalue weighted by Gasteiger charge is 2.34. The number of aliphatic hydroxyl groups excluding tert-OH is 1. The second-order valence-corrected chi connectivity index (χ2v) is 5.39. The number of likely N-dealkylation sites (tertiary alicyclic amines) is 2. The zero-order chi connectivity index (χ0) is 10.8. The minimum Gasteiger partial charge on any atom is -0.395 e. The summed E-state index contributed by atoms with van der Waals surface area (Å²) in [5.74, 6) is 1.67. The predicted molar refractivity (Wildman–Crippen MR) is 61.8 cm³/mol. The van der Waals surface area contributed by atoms with Gasteiger partial charge in [0.2, 0.25) is 0 Å². The first kappa shape index (κ1) is 11.4. The van der Waals surface area contributed by atoms with E-state index in [9.17, 15) is 5.11 Å². The van der Waals surface area contributed by atoms with E-state index in [0.717, 1.165) is 18.3 Å². The third-order valence-electron chi connectivity index (χ3n) is 3.99. The topological polar surface area (TPSA) is 26.7 Å². The molecule has 3 heteroatoms. The summed E-state index contributed by atoms with van der Waals surface area (Å²) in [5, 5.41) is 9.34. The first-order valence-corrected chi connectivity index (χ1v) is 6.26. The molecule has 2 aliphatic heterocycles. The van der Waals surface area contributed by atoms with Gasteiger partial charge in [-0.05, 0) is 31.7 Å². The molecule has 0 saturated carbocycles. The molecule has 0 spiro atoms. The van der Waals surface area contributed by atoms with Crippen LogP contribution in [-0.2, 0) is 0 Å². The van der Waals surface area contributed by atoms with E-state index in [1.165, 1.54) is 32.6 Å². The average molecular weight is 212 g/mol. The molecular formula is C12H24N2O. The number of aliphatic hydroxyl groups is 1.